The van der Waals surface area contributed by atoms with E-state index in [9.17, 15) is 4.79 Å². The van der Waals surface area contributed by atoms with E-state index in [-0.39, 0.29) is 5.91 Å². The maximum atomic E-state index is 12.9. The largest absolute Gasteiger partial charge is 0.355 e. The van der Waals surface area contributed by atoms with Crippen LogP contribution >= 0.6 is 0 Å². The van der Waals surface area contributed by atoms with Crippen molar-refractivity contribution in [3.05, 3.63) is 66.5 Å². The topological polar surface area (TPSA) is 87.4 Å². The van der Waals surface area contributed by atoms with Crippen molar-refractivity contribution >= 4 is 28.4 Å². The zero-order valence-electron chi connectivity index (χ0n) is 17.2. The van der Waals surface area contributed by atoms with Crippen molar-refractivity contribution in [2.24, 2.45) is 0 Å². The Labute approximate surface area is 179 Å². The summed E-state index contributed by atoms with van der Waals surface area (Å²) >= 11 is 0. The minimum Gasteiger partial charge on any atom is -0.355 e. The zero-order valence-corrected chi connectivity index (χ0v) is 17.2. The molecule has 0 bridgehead atoms. The number of rotatable bonds is 4. The number of carbonyl (C=O) groups is 1. The molecule has 2 aromatic carbocycles. The van der Waals surface area contributed by atoms with Gasteiger partial charge >= 0.3 is 0 Å². The quantitative estimate of drug-likeness (QED) is 0.548. The third kappa shape index (κ3) is 3.97. The van der Waals surface area contributed by atoms with Crippen LogP contribution in [0.15, 0.2) is 65.4 Å². The fraction of sp³-hybridized carbons (Fsp3) is 0.217. The molecule has 0 atom stereocenters. The molecule has 1 N–H and O–H groups in total. The molecule has 0 radical (unpaired) electrons. The number of benzene rings is 2. The van der Waals surface area contributed by atoms with E-state index in [1.807, 2.05) is 36.4 Å². The summed E-state index contributed by atoms with van der Waals surface area (Å²) in [4.78, 5) is 26.0. The minimum absolute atomic E-state index is 0.245. The predicted molar refractivity (Wildman–Crippen MR) is 119 cm³/mol. The van der Waals surface area contributed by atoms with E-state index in [1.54, 1.807) is 18.2 Å². The molecule has 2 aromatic heterocycles. The summed E-state index contributed by atoms with van der Waals surface area (Å²) in [6, 6.07) is 16.9. The number of piperazine rings is 1. The van der Waals surface area contributed by atoms with Gasteiger partial charge in [-0.2, -0.15) is 0 Å². The first-order valence-corrected chi connectivity index (χ1v) is 10.2. The molecule has 0 aliphatic carbocycles. The molecule has 8 nitrogen and oxygen atoms in total. The molecule has 156 valence electrons. The number of likely N-dealkylation sites (N-methyl/N-ethyl adjacent to an activating group) is 1. The number of hydrogen-bond donors (Lipinski definition) is 1. The summed E-state index contributed by atoms with van der Waals surface area (Å²) < 4.78 is 5.53. The average Bonchev–Trinajstić information content (AvgIpc) is 3.23. The van der Waals surface area contributed by atoms with Gasteiger partial charge in [0, 0.05) is 43.4 Å². The van der Waals surface area contributed by atoms with Crippen LogP contribution in [0.2, 0.25) is 0 Å². The van der Waals surface area contributed by atoms with Crippen molar-refractivity contribution in [2.75, 3.05) is 43.4 Å². The monoisotopic (exact) mass is 414 g/mol. The van der Waals surface area contributed by atoms with E-state index in [0.29, 0.717) is 22.7 Å². The van der Waals surface area contributed by atoms with Crippen LogP contribution < -0.4 is 10.2 Å². The summed E-state index contributed by atoms with van der Waals surface area (Å²) in [5, 5.41) is 7.79. The van der Waals surface area contributed by atoms with Crippen molar-refractivity contribution in [2.45, 2.75) is 0 Å². The molecule has 0 unspecified atom stereocenters. The molecule has 4 aromatic rings. The van der Waals surface area contributed by atoms with E-state index in [0.717, 1.165) is 42.9 Å². The lowest BCUT2D eigenvalue weighted by molar-refractivity contribution is 0.102. The smallest absolute Gasteiger partial charge is 0.256 e. The lowest BCUT2D eigenvalue weighted by Crippen LogP contribution is -2.44. The van der Waals surface area contributed by atoms with Crippen LogP contribution in [-0.4, -0.2) is 59.2 Å². The van der Waals surface area contributed by atoms with Crippen LogP contribution in [0.3, 0.4) is 0 Å². The fourth-order valence-corrected chi connectivity index (χ4v) is 3.69. The first kappa shape index (κ1) is 19.2. The van der Waals surface area contributed by atoms with Gasteiger partial charge in [0.1, 0.15) is 23.5 Å². The van der Waals surface area contributed by atoms with Gasteiger partial charge in [-0.25, -0.2) is 9.97 Å². The molecule has 0 spiro atoms. The highest BCUT2D eigenvalue weighted by molar-refractivity contribution is 6.07. The number of carbonyl (C=O) groups excluding carboxylic acids is 1. The summed E-state index contributed by atoms with van der Waals surface area (Å²) in [5.41, 5.74) is 2.12. The average molecular weight is 414 g/mol. The first-order valence-electron chi connectivity index (χ1n) is 10.2. The lowest BCUT2D eigenvalue weighted by Gasteiger charge is -2.33. The second-order valence-corrected chi connectivity index (χ2v) is 7.62. The molecule has 1 amide bonds. The molecular formula is C23H22N6O2. The number of anilines is 2. The molecule has 3 heterocycles. The molecule has 0 saturated carbocycles. The van der Waals surface area contributed by atoms with Crippen LogP contribution in [-0.2, 0) is 0 Å². The van der Waals surface area contributed by atoms with Crippen molar-refractivity contribution in [3.8, 4) is 11.3 Å². The Kier molecular flexibility index (Phi) is 5.05. The van der Waals surface area contributed by atoms with Gasteiger partial charge in [-0.1, -0.05) is 35.5 Å². The van der Waals surface area contributed by atoms with Crippen molar-refractivity contribution < 1.29 is 9.32 Å². The van der Waals surface area contributed by atoms with E-state index >= 15 is 0 Å². The van der Waals surface area contributed by atoms with Crippen molar-refractivity contribution in [3.63, 3.8) is 0 Å². The van der Waals surface area contributed by atoms with Crippen molar-refractivity contribution in [1.82, 2.24) is 20.0 Å². The molecular weight excluding hydrogens is 392 g/mol. The van der Waals surface area contributed by atoms with Gasteiger partial charge in [-0.15, -0.1) is 0 Å². The van der Waals surface area contributed by atoms with Gasteiger partial charge in [0.05, 0.1) is 5.39 Å². The second kappa shape index (κ2) is 8.16. The number of amides is 1. The second-order valence-electron chi connectivity index (χ2n) is 7.62. The molecule has 1 fully saturated rings. The number of fused-ring (bicyclic) bond motifs is 1. The Bertz CT molecular complexity index is 1220. The third-order valence-electron chi connectivity index (χ3n) is 5.50. The minimum atomic E-state index is -0.245. The molecule has 1 saturated heterocycles. The van der Waals surface area contributed by atoms with E-state index in [2.05, 4.69) is 37.3 Å². The summed E-state index contributed by atoms with van der Waals surface area (Å²) in [5.74, 6) is 1.69. The number of aromatic nitrogens is 3. The Balaban J connectivity index is 1.38. The number of hydrogen-bond acceptors (Lipinski definition) is 7. The highest BCUT2D eigenvalue weighted by Gasteiger charge is 2.17. The van der Waals surface area contributed by atoms with Crippen molar-refractivity contribution in [1.29, 1.82) is 0 Å². The molecule has 8 heteroatoms. The fourth-order valence-electron chi connectivity index (χ4n) is 3.69. The van der Waals surface area contributed by atoms with Gasteiger partial charge in [0.2, 0.25) is 0 Å². The van der Waals surface area contributed by atoms with Gasteiger partial charge in [0.25, 0.3) is 5.91 Å². The molecule has 1 aliphatic heterocycles. The highest BCUT2D eigenvalue weighted by Crippen LogP contribution is 2.29. The maximum absolute atomic E-state index is 12.9. The standard InChI is InChI=1S/C23H22N6O2/c1-28-9-11-29(12-10-28)21-14-20(24-15-25-21)26-23(30)17-7-8-19-18(13-17)22(31-27-19)16-5-3-2-4-6-16/h2-8,13-15H,9-12H2,1H3,(H,24,25,26,30). The molecule has 5 rings (SSSR count). The van der Waals surface area contributed by atoms with Crippen LogP contribution in [0.5, 0.6) is 0 Å². The Hall–Kier alpha value is -3.78. The molecule has 1 aliphatic rings. The summed E-state index contributed by atoms with van der Waals surface area (Å²) in [6.07, 6.45) is 1.49. The Morgan fingerprint density at radius 3 is 2.61 bits per heavy atom. The Morgan fingerprint density at radius 1 is 1.00 bits per heavy atom. The number of nitrogens with zero attached hydrogens (tertiary/aromatic N) is 5. The predicted octanol–water partition coefficient (Wildman–Crippen LogP) is 3.29. The zero-order chi connectivity index (χ0) is 21.2. The Morgan fingerprint density at radius 2 is 1.81 bits per heavy atom. The van der Waals surface area contributed by atoms with Crippen LogP contribution in [0.4, 0.5) is 11.6 Å². The van der Waals surface area contributed by atoms with Crippen LogP contribution in [0, 0.1) is 0 Å². The first-order chi connectivity index (χ1) is 15.2. The van der Waals surface area contributed by atoms with E-state index < -0.39 is 0 Å². The number of nitrogens with one attached hydrogen (secondary N) is 1. The van der Waals surface area contributed by atoms with Gasteiger partial charge in [-0.3, -0.25) is 4.79 Å². The van der Waals surface area contributed by atoms with Gasteiger partial charge in [-0.05, 0) is 25.2 Å². The highest BCUT2D eigenvalue weighted by atomic mass is 16.5. The molecule has 31 heavy (non-hydrogen) atoms. The summed E-state index contributed by atoms with van der Waals surface area (Å²) in [7, 11) is 2.11. The van der Waals surface area contributed by atoms with Gasteiger partial charge < -0.3 is 19.6 Å². The summed E-state index contributed by atoms with van der Waals surface area (Å²) in [6.45, 7) is 3.75. The normalized spacial score (nSPS) is 14.7. The van der Waals surface area contributed by atoms with Crippen LogP contribution in [0.1, 0.15) is 10.4 Å². The van der Waals surface area contributed by atoms with Crippen LogP contribution in [0.25, 0.3) is 22.2 Å². The third-order valence-corrected chi connectivity index (χ3v) is 5.50. The van der Waals surface area contributed by atoms with E-state index in [1.165, 1.54) is 6.33 Å². The van der Waals surface area contributed by atoms with E-state index in [4.69, 9.17) is 4.52 Å². The lowest BCUT2D eigenvalue weighted by atomic mass is 10.1. The van der Waals surface area contributed by atoms with Gasteiger partial charge in [0.15, 0.2) is 5.76 Å². The SMILES string of the molecule is CN1CCN(c2cc(NC(=O)c3ccc4noc(-c5ccccc5)c4c3)ncn2)CC1. The maximum Gasteiger partial charge on any atom is 0.256 e.